The Morgan fingerprint density at radius 3 is 2.82 bits per heavy atom. The number of amides is 1. The molecule has 2 aromatic carbocycles. The van der Waals surface area contributed by atoms with Crippen LogP contribution >= 0.6 is 0 Å². The first kappa shape index (κ1) is 11.1. The molecule has 17 heavy (non-hydrogen) atoms. The van der Waals surface area contributed by atoms with E-state index in [0.29, 0.717) is 17.7 Å². The van der Waals surface area contributed by atoms with Crippen LogP contribution < -0.4 is 5.32 Å². The first-order valence-electron chi connectivity index (χ1n) is 5.07. The Morgan fingerprint density at radius 1 is 1.29 bits per heavy atom. The molecule has 1 N–H and O–H groups in total. The molecule has 0 spiro atoms. The van der Waals surface area contributed by atoms with Crippen LogP contribution in [0.3, 0.4) is 0 Å². The van der Waals surface area contributed by atoms with Crippen molar-refractivity contribution in [3.63, 3.8) is 0 Å². The van der Waals surface area contributed by atoms with Crippen LogP contribution in [0.5, 0.6) is 0 Å². The second-order valence-corrected chi connectivity index (χ2v) is 3.50. The highest BCUT2D eigenvalue weighted by Crippen LogP contribution is 2.22. The minimum atomic E-state index is -0.369. The van der Waals surface area contributed by atoms with Gasteiger partial charge in [-0.25, -0.2) is 4.79 Å². The lowest BCUT2D eigenvalue weighted by Crippen LogP contribution is -2.02. The Bertz CT molecular complexity index is 578. The van der Waals surface area contributed by atoms with Gasteiger partial charge in [-0.1, -0.05) is 18.2 Å². The van der Waals surface area contributed by atoms with E-state index in [1.807, 2.05) is 6.07 Å². The molecule has 0 aliphatic heterocycles. The molecule has 0 aliphatic rings. The third-order valence-corrected chi connectivity index (χ3v) is 2.51. The summed E-state index contributed by atoms with van der Waals surface area (Å²) in [7, 11) is 1.35. The van der Waals surface area contributed by atoms with Crippen molar-refractivity contribution in [3.8, 4) is 0 Å². The monoisotopic (exact) mass is 229 g/mol. The predicted octanol–water partition coefficient (Wildman–Crippen LogP) is 2.19. The Kier molecular flexibility index (Phi) is 3.05. The number of hydrogen-bond acceptors (Lipinski definition) is 3. The average molecular weight is 229 g/mol. The molecule has 0 radical (unpaired) electrons. The second-order valence-electron chi connectivity index (χ2n) is 3.50. The van der Waals surface area contributed by atoms with E-state index >= 15 is 0 Å². The van der Waals surface area contributed by atoms with Gasteiger partial charge >= 0.3 is 5.97 Å². The van der Waals surface area contributed by atoms with E-state index in [0.717, 1.165) is 10.8 Å². The van der Waals surface area contributed by atoms with Gasteiger partial charge in [0.25, 0.3) is 0 Å². The highest BCUT2D eigenvalue weighted by atomic mass is 16.5. The Morgan fingerprint density at radius 2 is 2.12 bits per heavy atom. The number of esters is 1. The molecule has 2 aromatic rings. The standard InChI is InChI=1S/C13H11NO3/c1-17-13(16)12-4-2-3-9-7-10(14-8-15)5-6-11(9)12/h2-8H,1H3,(H,14,15). The maximum absolute atomic E-state index is 11.5. The quantitative estimate of drug-likeness (QED) is 0.648. The van der Waals surface area contributed by atoms with Gasteiger partial charge in [-0.3, -0.25) is 4.79 Å². The molecule has 0 aromatic heterocycles. The SMILES string of the molecule is COC(=O)c1cccc2cc(NC=O)ccc12. The number of rotatable bonds is 3. The van der Waals surface area contributed by atoms with E-state index < -0.39 is 0 Å². The van der Waals surface area contributed by atoms with Gasteiger partial charge in [0.2, 0.25) is 6.41 Å². The normalized spacial score (nSPS) is 9.94. The van der Waals surface area contributed by atoms with Crippen LogP contribution in [0, 0.1) is 0 Å². The number of nitrogens with one attached hydrogen (secondary N) is 1. The van der Waals surface area contributed by atoms with Gasteiger partial charge in [-0.15, -0.1) is 0 Å². The van der Waals surface area contributed by atoms with Gasteiger partial charge in [0.05, 0.1) is 12.7 Å². The summed E-state index contributed by atoms with van der Waals surface area (Å²) in [5.74, 6) is -0.369. The molecule has 0 unspecified atom stereocenters. The van der Waals surface area contributed by atoms with Crippen molar-refractivity contribution in [1.29, 1.82) is 0 Å². The zero-order chi connectivity index (χ0) is 12.3. The second kappa shape index (κ2) is 4.65. The summed E-state index contributed by atoms with van der Waals surface area (Å²) in [6.07, 6.45) is 0.616. The van der Waals surface area contributed by atoms with Crippen LogP contribution in [0.1, 0.15) is 10.4 Å². The number of benzene rings is 2. The first-order chi connectivity index (χ1) is 8.26. The van der Waals surface area contributed by atoms with Crippen molar-refractivity contribution < 1.29 is 14.3 Å². The Balaban J connectivity index is 2.58. The molecule has 0 saturated heterocycles. The Hall–Kier alpha value is -2.36. The molecule has 0 heterocycles. The van der Waals surface area contributed by atoms with E-state index in [4.69, 9.17) is 4.74 Å². The lowest BCUT2D eigenvalue weighted by molar-refractivity contribution is -0.105. The third kappa shape index (κ3) is 2.10. The molecule has 0 atom stereocenters. The van der Waals surface area contributed by atoms with Crippen LogP contribution in [-0.2, 0) is 9.53 Å². The summed E-state index contributed by atoms with van der Waals surface area (Å²) < 4.78 is 4.71. The van der Waals surface area contributed by atoms with Crippen molar-refractivity contribution in [2.75, 3.05) is 12.4 Å². The molecular weight excluding hydrogens is 218 g/mol. The Labute approximate surface area is 98.2 Å². The number of ether oxygens (including phenoxy) is 1. The maximum Gasteiger partial charge on any atom is 0.338 e. The van der Waals surface area contributed by atoms with Crippen LogP contribution in [0.4, 0.5) is 5.69 Å². The molecule has 0 fully saturated rings. The fraction of sp³-hybridized carbons (Fsp3) is 0.0769. The largest absolute Gasteiger partial charge is 0.465 e. The molecule has 1 amide bonds. The zero-order valence-corrected chi connectivity index (χ0v) is 9.27. The van der Waals surface area contributed by atoms with Crippen molar-refractivity contribution in [2.24, 2.45) is 0 Å². The van der Waals surface area contributed by atoms with E-state index in [1.165, 1.54) is 7.11 Å². The fourth-order valence-corrected chi connectivity index (χ4v) is 1.73. The van der Waals surface area contributed by atoms with E-state index in [9.17, 15) is 9.59 Å². The summed E-state index contributed by atoms with van der Waals surface area (Å²) in [5.41, 5.74) is 1.21. The number of methoxy groups -OCH3 is 1. The van der Waals surface area contributed by atoms with Crippen LogP contribution in [0.2, 0.25) is 0 Å². The number of carbonyl (C=O) groups excluding carboxylic acids is 2. The summed E-state index contributed by atoms with van der Waals surface area (Å²) in [6, 6.07) is 10.7. The fourth-order valence-electron chi connectivity index (χ4n) is 1.73. The van der Waals surface area contributed by atoms with Gasteiger partial charge in [-0.2, -0.15) is 0 Å². The summed E-state index contributed by atoms with van der Waals surface area (Å²) >= 11 is 0. The average Bonchev–Trinajstić information content (AvgIpc) is 2.37. The summed E-state index contributed by atoms with van der Waals surface area (Å²) in [6.45, 7) is 0. The van der Waals surface area contributed by atoms with E-state index in [2.05, 4.69) is 5.32 Å². The highest BCUT2D eigenvalue weighted by molar-refractivity contribution is 6.05. The van der Waals surface area contributed by atoms with Crippen molar-refractivity contribution >= 4 is 28.8 Å². The number of carbonyl (C=O) groups is 2. The molecule has 0 bridgehead atoms. The lowest BCUT2D eigenvalue weighted by atomic mass is 10.0. The summed E-state index contributed by atoms with van der Waals surface area (Å²) in [5, 5.41) is 4.24. The zero-order valence-electron chi connectivity index (χ0n) is 9.27. The molecule has 86 valence electrons. The van der Waals surface area contributed by atoms with Crippen molar-refractivity contribution in [1.82, 2.24) is 0 Å². The van der Waals surface area contributed by atoms with E-state index in [-0.39, 0.29) is 5.97 Å². The minimum absolute atomic E-state index is 0.369. The van der Waals surface area contributed by atoms with Crippen LogP contribution in [0.25, 0.3) is 10.8 Å². The van der Waals surface area contributed by atoms with Gasteiger partial charge in [0.15, 0.2) is 0 Å². The van der Waals surface area contributed by atoms with Crippen LogP contribution in [0.15, 0.2) is 36.4 Å². The minimum Gasteiger partial charge on any atom is -0.465 e. The molecule has 4 heteroatoms. The molecule has 0 saturated carbocycles. The third-order valence-electron chi connectivity index (χ3n) is 2.51. The summed E-state index contributed by atoms with van der Waals surface area (Å²) in [4.78, 5) is 21.9. The highest BCUT2D eigenvalue weighted by Gasteiger charge is 2.09. The predicted molar refractivity (Wildman–Crippen MR) is 65.0 cm³/mol. The number of fused-ring (bicyclic) bond motifs is 1. The van der Waals surface area contributed by atoms with Crippen LogP contribution in [-0.4, -0.2) is 19.5 Å². The molecule has 4 nitrogen and oxygen atoms in total. The van der Waals surface area contributed by atoms with Gasteiger partial charge < -0.3 is 10.1 Å². The van der Waals surface area contributed by atoms with Crippen molar-refractivity contribution in [2.45, 2.75) is 0 Å². The molecule has 2 rings (SSSR count). The lowest BCUT2D eigenvalue weighted by Gasteiger charge is -2.06. The van der Waals surface area contributed by atoms with E-state index in [1.54, 1.807) is 30.3 Å². The topological polar surface area (TPSA) is 55.4 Å². The molecular formula is C13H11NO3. The van der Waals surface area contributed by atoms with Gasteiger partial charge in [0, 0.05) is 5.69 Å². The number of hydrogen-bond donors (Lipinski definition) is 1. The maximum atomic E-state index is 11.5. The van der Waals surface area contributed by atoms with Crippen molar-refractivity contribution in [3.05, 3.63) is 42.0 Å². The first-order valence-corrected chi connectivity index (χ1v) is 5.07. The van der Waals surface area contributed by atoms with Gasteiger partial charge in [-0.05, 0) is 29.0 Å². The smallest absolute Gasteiger partial charge is 0.338 e. The van der Waals surface area contributed by atoms with Gasteiger partial charge in [0.1, 0.15) is 0 Å². The molecule has 0 aliphatic carbocycles. The number of anilines is 1.